The number of alkyl halides is 1. The number of nitrogens with two attached hydrogens (primary N) is 3. The van der Waals surface area contributed by atoms with E-state index in [1.165, 1.54) is 21.4 Å². The third-order valence-corrected chi connectivity index (χ3v) is 16.6. The van der Waals surface area contributed by atoms with E-state index in [9.17, 15) is 0 Å². The van der Waals surface area contributed by atoms with Crippen LogP contribution in [-0.4, -0.2) is 4.01 Å². The zero-order chi connectivity index (χ0) is 10.2. The average molecular weight is 452 g/mol. The maximum atomic E-state index is 5.68. The van der Waals surface area contributed by atoms with E-state index in [-0.39, 0.29) is 0 Å². The molecule has 1 aromatic heterocycles. The molecule has 1 unspecified atom stereocenters. The number of halogens is 2. The molecule has 0 spiro atoms. The predicted molar refractivity (Wildman–Crippen MR) is 68.5 cm³/mol. The van der Waals surface area contributed by atoms with Crippen LogP contribution in [0.3, 0.4) is 0 Å². The van der Waals surface area contributed by atoms with Crippen LogP contribution in [0.1, 0.15) is 14.2 Å². The van der Waals surface area contributed by atoms with Crippen molar-refractivity contribution in [1.29, 1.82) is 0 Å². The van der Waals surface area contributed by atoms with Crippen LogP contribution in [0.2, 0.25) is 0 Å². The van der Waals surface area contributed by atoms with Gasteiger partial charge in [-0.05, 0) is 0 Å². The van der Waals surface area contributed by atoms with Gasteiger partial charge in [-0.2, -0.15) is 0 Å². The second-order valence-corrected chi connectivity index (χ2v) is 14.8. The summed E-state index contributed by atoms with van der Waals surface area (Å²) in [5.74, 6) is 0.965. The van der Waals surface area contributed by atoms with Gasteiger partial charge in [-0.15, -0.1) is 0 Å². The van der Waals surface area contributed by atoms with Gasteiger partial charge in [0.1, 0.15) is 0 Å². The molecule has 3 nitrogen and oxygen atoms in total. The van der Waals surface area contributed by atoms with E-state index in [0.717, 1.165) is 9.22 Å². The molecule has 1 aromatic rings. The minimum absolute atomic E-state index is 0.478. The van der Waals surface area contributed by atoms with Gasteiger partial charge in [-0.25, -0.2) is 0 Å². The number of hydrogen-bond donors (Lipinski definition) is 3. The quantitative estimate of drug-likeness (QED) is 0.296. The Labute approximate surface area is 102 Å². The molecule has 6 N–H and O–H groups in total. The average Bonchev–Trinajstić information content (AvgIpc) is 2.00. The second-order valence-electron chi connectivity index (χ2n) is 2.93. The molecule has 2 heterocycles. The van der Waals surface area contributed by atoms with Crippen LogP contribution >= 0.6 is 33.1 Å². The summed E-state index contributed by atoms with van der Waals surface area (Å²) in [4.78, 5) is 0. The van der Waals surface area contributed by atoms with E-state index < -0.39 is 5.79 Å². The minimum atomic E-state index is -1.14. The molecule has 1 aliphatic heterocycles. The Morgan fingerprint density at radius 3 is 2.64 bits per heavy atom. The molecular weight excluding hydrogens is 442 g/mol. The Hall–Kier alpha value is 1.29. The van der Waals surface area contributed by atoms with Gasteiger partial charge in [0, 0.05) is 0 Å². The summed E-state index contributed by atoms with van der Waals surface area (Å²) in [7, 11) is 2.50. The molecule has 14 heavy (non-hydrogen) atoms. The summed E-state index contributed by atoms with van der Waals surface area (Å²) in [5.41, 5.74) is 17.0. The first-order chi connectivity index (χ1) is 6.57. The van der Waals surface area contributed by atoms with Gasteiger partial charge in [0.25, 0.3) is 0 Å². The predicted octanol–water partition coefficient (Wildman–Crippen LogP) is -1.34. The van der Waals surface area contributed by atoms with Crippen LogP contribution in [0.15, 0.2) is 11.9 Å². The van der Waals surface area contributed by atoms with Crippen molar-refractivity contribution in [3.8, 4) is 0 Å². The van der Waals surface area contributed by atoms with Gasteiger partial charge in [0.05, 0.1) is 0 Å². The Kier molecular flexibility index (Phi) is 3.91. The van der Waals surface area contributed by atoms with Crippen molar-refractivity contribution in [2.75, 3.05) is 0 Å². The van der Waals surface area contributed by atoms with Crippen molar-refractivity contribution < 1.29 is 17.2 Å². The van der Waals surface area contributed by atoms with Gasteiger partial charge < -0.3 is 0 Å². The van der Waals surface area contributed by atoms with Crippen LogP contribution < -0.4 is 34.4 Å². The molecule has 1 aliphatic rings. The van der Waals surface area contributed by atoms with Crippen LogP contribution in [-0.2, 0) is 5.79 Å². The monoisotopic (exact) mass is 452 g/mol. The molecule has 0 saturated carbocycles. The van der Waals surface area contributed by atoms with Crippen molar-refractivity contribution in [3.05, 3.63) is 22.2 Å². The molecule has 0 fully saturated rings. The van der Waals surface area contributed by atoms with Crippen molar-refractivity contribution in [2.24, 2.45) is 17.2 Å². The summed E-state index contributed by atoms with van der Waals surface area (Å²) < 4.78 is 3.32. The fourth-order valence-electron chi connectivity index (χ4n) is 0.936. The van der Waals surface area contributed by atoms with Crippen molar-refractivity contribution in [3.63, 3.8) is 0 Å². The second kappa shape index (κ2) is 4.65. The van der Waals surface area contributed by atoms with Gasteiger partial charge in [-0.3, -0.25) is 0 Å². The van der Waals surface area contributed by atoms with Crippen molar-refractivity contribution >= 4 is 37.2 Å². The molecule has 0 aliphatic carbocycles. The Morgan fingerprint density at radius 2 is 2.14 bits per heavy atom. The Morgan fingerprint density at radius 1 is 1.43 bits per heavy atom. The molecule has 0 bridgehead atoms. The summed E-state index contributed by atoms with van der Waals surface area (Å²) in [6.07, 6.45) is 0. The first-order valence-electron chi connectivity index (χ1n) is 3.87. The van der Waals surface area contributed by atoms with Gasteiger partial charge in [0.2, 0.25) is 0 Å². The third-order valence-electron chi connectivity index (χ3n) is 1.66. The van der Waals surface area contributed by atoms with Crippen LogP contribution in [0, 0.1) is 0 Å². The fraction of sp³-hybridized carbons (Fsp3) is 0.286. The van der Waals surface area contributed by atoms with E-state index in [1.54, 1.807) is 0 Å². The van der Waals surface area contributed by atoms with Crippen LogP contribution in [0.4, 0.5) is 0 Å². The van der Waals surface area contributed by atoms with Crippen LogP contribution in [0.5, 0.6) is 0 Å². The summed E-state index contributed by atoms with van der Waals surface area (Å²) >= 11 is 0.986. The molecule has 0 amide bonds. The molecule has 78 valence electrons. The fourth-order valence-corrected chi connectivity index (χ4v) is 14.2. The zero-order valence-electron chi connectivity index (χ0n) is 7.19. The van der Waals surface area contributed by atoms with Gasteiger partial charge in [0.15, 0.2) is 0 Å². The molecule has 1 atom stereocenters. The standard InChI is InChI=1S/C7H10I2N3P2/c10-7(11,12)5-1-2-13-6(14-5)4-3-8-9-4/h1-4H,10-12H2/q-1. The maximum absolute atomic E-state index is 5.68. The molecule has 0 aromatic carbocycles. The Bertz CT molecular complexity index is 377. The molecule has 0 radical (unpaired) electrons. The SMILES string of the molecule is NC(N)(N)c1ccpc(C2C=I[I-]2)p1. The number of hydrogen-bond acceptors (Lipinski definition) is 3. The molecular formula is C7H10I2N3P2-. The topological polar surface area (TPSA) is 78.1 Å². The zero-order valence-corrected chi connectivity index (χ0v) is 13.3. The van der Waals surface area contributed by atoms with Gasteiger partial charge >= 0.3 is 103 Å². The molecule has 7 heteroatoms. The van der Waals surface area contributed by atoms with Crippen molar-refractivity contribution in [1.82, 2.24) is 0 Å². The normalized spacial score (nSPS) is 22.9. The van der Waals surface area contributed by atoms with E-state index in [0.29, 0.717) is 34.0 Å². The molecule has 2 rings (SSSR count). The van der Waals surface area contributed by atoms with E-state index >= 15 is 0 Å². The van der Waals surface area contributed by atoms with E-state index in [4.69, 9.17) is 17.2 Å². The summed E-state index contributed by atoms with van der Waals surface area (Å²) in [5, 5.41) is 2.47. The van der Waals surface area contributed by atoms with E-state index in [1.807, 2.05) is 6.07 Å². The summed E-state index contributed by atoms with van der Waals surface area (Å²) in [6, 6.07) is 1.97. The van der Waals surface area contributed by atoms with E-state index in [2.05, 4.69) is 9.81 Å². The molecule has 0 saturated heterocycles. The van der Waals surface area contributed by atoms with Crippen LogP contribution in [0.25, 0.3) is 0 Å². The summed E-state index contributed by atoms with van der Waals surface area (Å²) in [6.45, 7) is 0. The Balaban J connectivity index is 2.31. The number of rotatable bonds is 2. The third kappa shape index (κ3) is 2.70. The first kappa shape index (κ1) is 11.8. The van der Waals surface area contributed by atoms with Gasteiger partial charge in [-0.1, -0.05) is 0 Å². The van der Waals surface area contributed by atoms with Crippen molar-refractivity contribution in [2.45, 2.75) is 9.71 Å². The first-order valence-corrected chi connectivity index (χ1v) is 14.5.